The molecule has 1 saturated heterocycles. The molecule has 0 amide bonds. The van der Waals surface area contributed by atoms with Gasteiger partial charge in [-0.25, -0.2) is 0 Å². The SMILES string of the molecule is CCOc1ccc(Cc2cc(Br)ccc2[C@@H]2O[C@H](CO)[C@@H](O)[C@H](O)[C@H]2O)cc1. The number of aliphatic hydroxyl groups excluding tert-OH is 4. The quantitative estimate of drug-likeness (QED) is 0.534. The van der Waals surface area contributed by atoms with Gasteiger partial charge in [-0.05, 0) is 54.3 Å². The molecule has 7 heteroatoms. The molecule has 4 N–H and O–H groups in total. The first-order chi connectivity index (χ1) is 13.4. The predicted molar refractivity (Wildman–Crippen MR) is 107 cm³/mol. The van der Waals surface area contributed by atoms with E-state index in [4.69, 9.17) is 9.47 Å². The Labute approximate surface area is 172 Å². The summed E-state index contributed by atoms with van der Waals surface area (Å²) < 4.78 is 12.1. The standard InChI is InChI=1S/C21H25BrO6/c1-2-27-15-6-3-12(4-7-15)9-13-10-14(22)5-8-16(13)21-20(26)19(25)18(24)17(11-23)28-21/h3-8,10,17-21,23-26H,2,9,11H2,1H3/t17-,18-,19+,20-,21+/m1/s1. The molecule has 3 rings (SSSR count). The lowest BCUT2D eigenvalue weighted by Crippen LogP contribution is -2.55. The molecular formula is C21H25BrO6. The molecule has 1 aliphatic rings. The molecule has 2 aromatic rings. The minimum Gasteiger partial charge on any atom is -0.494 e. The van der Waals surface area contributed by atoms with Gasteiger partial charge in [-0.3, -0.25) is 0 Å². The van der Waals surface area contributed by atoms with Crippen molar-refractivity contribution in [3.05, 3.63) is 63.6 Å². The Morgan fingerprint density at radius 3 is 2.36 bits per heavy atom. The second kappa shape index (κ2) is 9.35. The summed E-state index contributed by atoms with van der Waals surface area (Å²) in [4.78, 5) is 0. The van der Waals surface area contributed by atoms with Crippen molar-refractivity contribution in [1.82, 2.24) is 0 Å². The normalized spacial score (nSPS) is 27.6. The van der Waals surface area contributed by atoms with Crippen LogP contribution in [0.4, 0.5) is 0 Å². The molecule has 0 aromatic heterocycles. The largest absolute Gasteiger partial charge is 0.494 e. The lowest BCUT2D eigenvalue weighted by Gasteiger charge is -2.40. The van der Waals surface area contributed by atoms with Crippen molar-refractivity contribution < 1.29 is 29.9 Å². The Morgan fingerprint density at radius 1 is 1.00 bits per heavy atom. The van der Waals surface area contributed by atoms with E-state index < -0.39 is 37.1 Å². The van der Waals surface area contributed by atoms with Gasteiger partial charge in [0, 0.05) is 4.47 Å². The van der Waals surface area contributed by atoms with Crippen LogP contribution in [0.25, 0.3) is 0 Å². The van der Waals surface area contributed by atoms with Crippen LogP contribution in [-0.2, 0) is 11.2 Å². The zero-order valence-corrected chi connectivity index (χ0v) is 17.1. The maximum atomic E-state index is 10.5. The van der Waals surface area contributed by atoms with Crippen molar-refractivity contribution in [3.8, 4) is 5.75 Å². The van der Waals surface area contributed by atoms with Crippen molar-refractivity contribution in [1.29, 1.82) is 0 Å². The second-order valence-electron chi connectivity index (χ2n) is 6.85. The Balaban J connectivity index is 1.90. The van der Waals surface area contributed by atoms with Crippen LogP contribution in [0.2, 0.25) is 0 Å². The first kappa shape index (κ1) is 21.2. The van der Waals surface area contributed by atoms with Crippen molar-refractivity contribution in [2.24, 2.45) is 0 Å². The molecule has 2 aromatic carbocycles. The summed E-state index contributed by atoms with van der Waals surface area (Å²) in [6, 6.07) is 13.4. The number of hydrogen-bond donors (Lipinski definition) is 4. The molecule has 0 spiro atoms. The van der Waals surface area contributed by atoms with Crippen molar-refractivity contribution in [3.63, 3.8) is 0 Å². The molecule has 1 heterocycles. The molecule has 5 atom stereocenters. The van der Waals surface area contributed by atoms with Gasteiger partial charge in [0.15, 0.2) is 0 Å². The topological polar surface area (TPSA) is 99.4 Å². The number of benzene rings is 2. The summed E-state index contributed by atoms with van der Waals surface area (Å²) in [6.07, 6.45) is -5.31. The molecule has 1 aliphatic heterocycles. The highest BCUT2D eigenvalue weighted by molar-refractivity contribution is 9.10. The highest BCUT2D eigenvalue weighted by Crippen LogP contribution is 2.35. The molecule has 28 heavy (non-hydrogen) atoms. The Hall–Kier alpha value is -1.48. The molecule has 0 bridgehead atoms. The van der Waals surface area contributed by atoms with Gasteiger partial charge in [-0.2, -0.15) is 0 Å². The van der Waals surface area contributed by atoms with Gasteiger partial charge in [-0.15, -0.1) is 0 Å². The molecule has 6 nitrogen and oxygen atoms in total. The fourth-order valence-corrected chi connectivity index (χ4v) is 3.86. The maximum Gasteiger partial charge on any atom is 0.119 e. The van der Waals surface area contributed by atoms with Gasteiger partial charge in [0.25, 0.3) is 0 Å². The molecule has 0 radical (unpaired) electrons. The van der Waals surface area contributed by atoms with Gasteiger partial charge in [0.05, 0.1) is 13.2 Å². The van der Waals surface area contributed by atoms with Crippen molar-refractivity contribution >= 4 is 15.9 Å². The Morgan fingerprint density at radius 2 is 1.71 bits per heavy atom. The first-order valence-corrected chi connectivity index (χ1v) is 10.0. The third-order valence-corrected chi connectivity index (χ3v) is 5.43. The third-order valence-electron chi connectivity index (χ3n) is 4.93. The van der Waals surface area contributed by atoms with E-state index in [1.54, 1.807) is 0 Å². The van der Waals surface area contributed by atoms with Crippen molar-refractivity contribution in [2.45, 2.75) is 43.9 Å². The Bertz CT molecular complexity index is 779. The summed E-state index contributed by atoms with van der Waals surface area (Å²) in [5, 5.41) is 40.1. The number of halogens is 1. The van der Waals surface area contributed by atoms with Crippen LogP contribution in [0.15, 0.2) is 46.9 Å². The van der Waals surface area contributed by atoms with Gasteiger partial charge < -0.3 is 29.9 Å². The Kier molecular flexibility index (Phi) is 7.09. The molecule has 152 valence electrons. The minimum atomic E-state index is -1.40. The molecule has 0 unspecified atom stereocenters. The summed E-state index contributed by atoms with van der Waals surface area (Å²) >= 11 is 3.48. The maximum absolute atomic E-state index is 10.5. The molecular weight excluding hydrogens is 428 g/mol. The van der Waals surface area contributed by atoms with Crippen molar-refractivity contribution in [2.75, 3.05) is 13.2 Å². The van der Waals surface area contributed by atoms with E-state index >= 15 is 0 Å². The van der Waals surface area contributed by atoms with E-state index in [1.807, 2.05) is 49.4 Å². The van der Waals surface area contributed by atoms with Crippen LogP contribution < -0.4 is 4.74 Å². The second-order valence-corrected chi connectivity index (χ2v) is 7.76. The average Bonchev–Trinajstić information content (AvgIpc) is 2.69. The average molecular weight is 453 g/mol. The number of aliphatic hydroxyl groups is 4. The van der Waals surface area contributed by atoms with Gasteiger partial charge in [0.1, 0.15) is 36.3 Å². The highest BCUT2D eigenvalue weighted by Gasteiger charge is 2.44. The number of hydrogen-bond acceptors (Lipinski definition) is 6. The van der Waals surface area contributed by atoms with E-state index in [1.165, 1.54) is 0 Å². The summed E-state index contributed by atoms with van der Waals surface area (Å²) in [6.45, 7) is 2.08. The summed E-state index contributed by atoms with van der Waals surface area (Å²) in [5.74, 6) is 0.801. The fraction of sp³-hybridized carbons (Fsp3) is 0.429. The van der Waals surface area contributed by atoms with E-state index in [0.29, 0.717) is 18.6 Å². The van der Waals surface area contributed by atoms with Crippen LogP contribution in [0.5, 0.6) is 5.75 Å². The smallest absolute Gasteiger partial charge is 0.119 e. The van der Waals surface area contributed by atoms with Crippen LogP contribution >= 0.6 is 15.9 Å². The van der Waals surface area contributed by atoms with Crippen LogP contribution in [0, 0.1) is 0 Å². The van der Waals surface area contributed by atoms with Gasteiger partial charge in [0.2, 0.25) is 0 Å². The lowest BCUT2D eigenvalue weighted by molar-refractivity contribution is -0.231. The first-order valence-electron chi connectivity index (χ1n) is 9.25. The number of rotatable bonds is 6. The van der Waals surface area contributed by atoms with Gasteiger partial charge in [-0.1, -0.05) is 34.1 Å². The summed E-state index contributed by atoms with van der Waals surface area (Å²) in [7, 11) is 0. The van der Waals surface area contributed by atoms with Crippen LogP contribution in [0.3, 0.4) is 0 Å². The third kappa shape index (κ3) is 4.56. The number of ether oxygens (including phenoxy) is 2. The van der Waals surface area contributed by atoms with E-state index in [9.17, 15) is 20.4 Å². The monoisotopic (exact) mass is 452 g/mol. The van der Waals surface area contributed by atoms with Crippen LogP contribution in [0.1, 0.15) is 29.7 Å². The zero-order valence-electron chi connectivity index (χ0n) is 15.5. The van der Waals surface area contributed by atoms with E-state index in [2.05, 4.69) is 15.9 Å². The fourth-order valence-electron chi connectivity index (χ4n) is 3.45. The summed E-state index contributed by atoms with van der Waals surface area (Å²) in [5.41, 5.74) is 2.66. The minimum absolute atomic E-state index is 0.452. The highest BCUT2D eigenvalue weighted by atomic mass is 79.9. The molecule has 0 aliphatic carbocycles. The molecule has 1 fully saturated rings. The molecule has 0 saturated carbocycles. The van der Waals surface area contributed by atoms with E-state index in [0.717, 1.165) is 21.3 Å². The zero-order chi connectivity index (χ0) is 20.3. The van der Waals surface area contributed by atoms with E-state index in [-0.39, 0.29) is 0 Å². The van der Waals surface area contributed by atoms with Crippen LogP contribution in [-0.4, -0.2) is 58.1 Å². The predicted octanol–water partition coefficient (Wildman–Crippen LogP) is 1.95. The van der Waals surface area contributed by atoms with Gasteiger partial charge >= 0.3 is 0 Å². The lowest BCUT2D eigenvalue weighted by atomic mass is 9.87.